The Morgan fingerprint density at radius 1 is 1.04 bits per heavy atom. The maximum Gasteiger partial charge on any atom is 0.191 e. The lowest BCUT2D eigenvalue weighted by Crippen LogP contribution is -2.49. The molecule has 166 valence electrons. The number of aliphatic imine (C=N–C) groups is 1. The van der Waals surface area contributed by atoms with Crippen LogP contribution in [0.25, 0.3) is 0 Å². The summed E-state index contributed by atoms with van der Waals surface area (Å²) in [6.45, 7) is 22.4. The average molecular weight is 511 g/mol. The first-order chi connectivity index (χ1) is 13.1. The van der Waals surface area contributed by atoms with Crippen LogP contribution < -0.4 is 10.6 Å². The van der Waals surface area contributed by atoms with E-state index in [9.17, 15) is 0 Å². The summed E-state index contributed by atoms with van der Waals surface area (Å²) in [6, 6.07) is 0. The highest BCUT2D eigenvalue weighted by Gasteiger charge is 2.21. The molecular formula is C20H43IN6O. The second-order valence-electron chi connectivity index (χ2n) is 8.07. The Kier molecular flexibility index (Phi) is 13.6. The molecule has 0 bridgehead atoms. The Morgan fingerprint density at radius 2 is 1.75 bits per heavy atom. The van der Waals surface area contributed by atoms with E-state index in [-0.39, 0.29) is 30.1 Å². The Morgan fingerprint density at radius 3 is 2.39 bits per heavy atom. The zero-order valence-electron chi connectivity index (χ0n) is 18.5. The van der Waals surface area contributed by atoms with Crippen LogP contribution in [0.2, 0.25) is 0 Å². The number of hydrogen-bond donors (Lipinski definition) is 2. The lowest BCUT2D eigenvalue weighted by Gasteiger charge is -2.34. The van der Waals surface area contributed by atoms with E-state index in [0.29, 0.717) is 5.92 Å². The third-order valence-corrected chi connectivity index (χ3v) is 5.28. The standard InChI is InChI=1S/C20H42N6O.HI/c1-5-21-20(22-7-8-25-11-9-24(6-2)10-12-25)23-15-19-17-26(13-14-27-19)16-18(3)4;/h18-19H,5-17H2,1-4H3,(H2,21,22,23);1H. The van der Waals surface area contributed by atoms with E-state index >= 15 is 0 Å². The van der Waals surface area contributed by atoms with Gasteiger partial charge in [-0.25, -0.2) is 0 Å². The highest BCUT2D eigenvalue weighted by atomic mass is 127. The van der Waals surface area contributed by atoms with E-state index in [1.165, 1.54) is 32.7 Å². The summed E-state index contributed by atoms with van der Waals surface area (Å²) >= 11 is 0. The number of guanidine groups is 1. The second-order valence-corrected chi connectivity index (χ2v) is 8.07. The van der Waals surface area contributed by atoms with Crippen molar-refractivity contribution in [2.45, 2.75) is 33.8 Å². The van der Waals surface area contributed by atoms with Crippen molar-refractivity contribution in [3.63, 3.8) is 0 Å². The largest absolute Gasteiger partial charge is 0.374 e. The maximum absolute atomic E-state index is 5.92. The van der Waals surface area contributed by atoms with Crippen LogP contribution in [0.4, 0.5) is 0 Å². The number of nitrogens with zero attached hydrogens (tertiary/aromatic N) is 4. The van der Waals surface area contributed by atoms with E-state index in [1.54, 1.807) is 0 Å². The molecule has 0 aromatic rings. The molecule has 0 spiro atoms. The number of rotatable bonds is 9. The van der Waals surface area contributed by atoms with Crippen molar-refractivity contribution in [2.75, 3.05) is 85.1 Å². The monoisotopic (exact) mass is 510 g/mol. The van der Waals surface area contributed by atoms with Gasteiger partial charge in [0.1, 0.15) is 0 Å². The Balaban J connectivity index is 0.00000392. The van der Waals surface area contributed by atoms with Crippen LogP contribution >= 0.6 is 24.0 Å². The Labute approximate surface area is 189 Å². The SMILES string of the molecule is CCNC(=NCC1CN(CC(C)C)CCO1)NCCN1CCN(CC)CC1.I. The number of hydrogen-bond acceptors (Lipinski definition) is 5. The lowest BCUT2D eigenvalue weighted by atomic mass is 10.2. The molecule has 2 fully saturated rings. The van der Waals surface area contributed by atoms with Crippen LogP contribution in [0.5, 0.6) is 0 Å². The van der Waals surface area contributed by atoms with E-state index in [2.05, 4.69) is 53.0 Å². The molecule has 2 N–H and O–H groups in total. The second kappa shape index (κ2) is 14.8. The van der Waals surface area contributed by atoms with Gasteiger partial charge in [-0.2, -0.15) is 0 Å². The van der Waals surface area contributed by atoms with Crippen LogP contribution in [0, 0.1) is 5.92 Å². The molecule has 2 rings (SSSR count). The first-order valence-electron chi connectivity index (χ1n) is 10.9. The van der Waals surface area contributed by atoms with Crippen LogP contribution in [-0.2, 0) is 4.74 Å². The molecule has 0 amide bonds. The van der Waals surface area contributed by atoms with Gasteiger partial charge in [0.2, 0.25) is 0 Å². The summed E-state index contributed by atoms with van der Waals surface area (Å²) in [5.41, 5.74) is 0. The van der Waals surface area contributed by atoms with Crippen LogP contribution in [0.1, 0.15) is 27.7 Å². The van der Waals surface area contributed by atoms with Crippen molar-refractivity contribution in [3.8, 4) is 0 Å². The molecule has 7 nitrogen and oxygen atoms in total. The van der Waals surface area contributed by atoms with Gasteiger partial charge in [-0.15, -0.1) is 24.0 Å². The molecule has 2 aliphatic heterocycles. The summed E-state index contributed by atoms with van der Waals surface area (Å²) in [5.74, 6) is 1.61. The van der Waals surface area contributed by atoms with E-state index in [1.807, 2.05) is 0 Å². The van der Waals surface area contributed by atoms with Crippen molar-refractivity contribution >= 4 is 29.9 Å². The summed E-state index contributed by atoms with van der Waals surface area (Å²) in [7, 11) is 0. The number of halogens is 1. The van der Waals surface area contributed by atoms with Crippen molar-refractivity contribution in [1.29, 1.82) is 0 Å². The lowest BCUT2D eigenvalue weighted by molar-refractivity contribution is -0.0261. The molecule has 2 aliphatic rings. The normalized spacial score (nSPS) is 22.9. The smallest absolute Gasteiger partial charge is 0.191 e. The van der Waals surface area contributed by atoms with Gasteiger partial charge >= 0.3 is 0 Å². The fourth-order valence-corrected chi connectivity index (χ4v) is 3.77. The molecule has 2 heterocycles. The molecule has 0 saturated carbocycles. The summed E-state index contributed by atoms with van der Waals surface area (Å²) in [6.07, 6.45) is 0.204. The molecule has 8 heteroatoms. The summed E-state index contributed by atoms with van der Waals surface area (Å²) in [5, 5.41) is 6.85. The van der Waals surface area contributed by atoms with Gasteiger partial charge in [0.25, 0.3) is 0 Å². The first-order valence-corrected chi connectivity index (χ1v) is 10.9. The van der Waals surface area contributed by atoms with Gasteiger partial charge in [-0.1, -0.05) is 20.8 Å². The van der Waals surface area contributed by atoms with E-state index in [0.717, 1.165) is 58.4 Å². The highest BCUT2D eigenvalue weighted by Crippen LogP contribution is 2.08. The number of ether oxygens (including phenoxy) is 1. The topological polar surface area (TPSA) is 55.4 Å². The van der Waals surface area contributed by atoms with Gasteiger partial charge < -0.3 is 20.3 Å². The average Bonchev–Trinajstić information content (AvgIpc) is 2.66. The zero-order valence-corrected chi connectivity index (χ0v) is 20.8. The predicted octanol–water partition coefficient (Wildman–Crippen LogP) is 1.15. The summed E-state index contributed by atoms with van der Waals surface area (Å²) in [4.78, 5) is 12.3. The van der Waals surface area contributed by atoms with Gasteiger partial charge in [-0.3, -0.25) is 14.8 Å². The number of piperazine rings is 1. The number of morpholine rings is 1. The molecule has 1 unspecified atom stereocenters. The predicted molar refractivity (Wildman–Crippen MR) is 129 cm³/mol. The molecule has 0 aromatic carbocycles. The zero-order chi connectivity index (χ0) is 19.5. The number of likely N-dealkylation sites (N-methyl/N-ethyl adjacent to an activating group) is 1. The maximum atomic E-state index is 5.92. The van der Waals surface area contributed by atoms with Crippen molar-refractivity contribution in [1.82, 2.24) is 25.3 Å². The first kappa shape index (κ1) is 25.9. The molecule has 28 heavy (non-hydrogen) atoms. The van der Waals surface area contributed by atoms with Gasteiger partial charge in [0.05, 0.1) is 19.3 Å². The minimum Gasteiger partial charge on any atom is -0.374 e. The molecule has 2 saturated heterocycles. The number of nitrogens with one attached hydrogen (secondary N) is 2. The fourth-order valence-electron chi connectivity index (χ4n) is 3.77. The van der Waals surface area contributed by atoms with Crippen molar-refractivity contribution < 1.29 is 4.74 Å². The van der Waals surface area contributed by atoms with Gasteiger partial charge in [-0.05, 0) is 19.4 Å². The molecular weight excluding hydrogens is 467 g/mol. The van der Waals surface area contributed by atoms with Crippen LogP contribution in [0.3, 0.4) is 0 Å². The van der Waals surface area contributed by atoms with Gasteiger partial charge in [0.15, 0.2) is 5.96 Å². The Hall–Kier alpha value is -0.160. The minimum atomic E-state index is 0. The van der Waals surface area contributed by atoms with Crippen LogP contribution in [0.15, 0.2) is 4.99 Å². The molecule has 0 aliphatic carbocycles. The van der Waals surface area contributed by atoms with Crippen molar-refractivity contribution in [2.24, 2.45) is 10.9 Å². The fraction of sp³-hybridized carbons (Fsp3) is 0.950. The van der Waals surface area contributed by atoms with Gasteiger partial charge in [0, 0.05) is 65.4 Å². The summed E-state index contributed by atoms with van der Waals surface area (Å²) < 4.78 is 5.92. The van der Waals surface area contributed by atoms with E-state index in [4.69, 9.17) is 9.73 Å². The van der Waals surface area contributed by atoms with Crippen LogP contribution in [-0.4, -0.2) is 112 Å². The third-order valence-electron chi connectivity index (χ3n) is 5.28. The third kappa shape index (κ3) is 10.0. The van der Waals surface area contributed by atoms with Crippen molar-refractivity contribution in [3.05, 3.63) is 0 Å². The molecule has 1 atom stereocenters. The molecule has 0 aromatic heterocycles. The quantitative estimate of drug-likeness (QED) is 0.276. The molecule has 0 radical (unpaired) electrons. The Bertz CT molecular complexity index is 429. The highest BCUT2D eigenvalue weighted by molar-refractivity contribution is 14.0. The van der Waals surface area contributed by atoms with E-state index < -0.39 is 0 Å². The minimum absolute atomic E-state index is 0.